The van der Waals surface area contributed by atoms with Crippen LogP contribution in [0.4, 0.5) is 17.6 Å². The average Bonchev–Trinajstić information content (AvgIpc) is 3.49. The highest BCUT2D eigenvalue weighted by molar-refractivity contribution is 7.89. The Bertz CT molecular complexity index is 1120. The normalized spacial score (nSPS) is 27.6. The number of nitrogens with one attached hydrogen (secondary N) is 3. The molecular weight excluding hydrogens is 454 g/mol. The number of rotatable bonds is 7. The third kappa shape index (κ3) is 4.40. The van der Waals surface area contributed by atoms with Crippen LogP contribution in [0.1, 0.15) is 80.8 Å². The van der Waals surface area contributed by atoms with E-state index in [9.17, 15) is 8.42 Å². The third-order valence-electron chi connectivity index (χ3n) is 7.39. The molecule has 5 rings (SSSR count). The second kappa shape index (κ2) is 9.43. The maximum absolute atomic E-state index is 12.9. The number of aromatic nitrogens is 4. The molecule has 3 N–H and O–H groups in total. The number of hydrogen-bond acceptors (Lipinski definition) is 8. The van der Waals surface area contributed by atoms with Crippen LogP contribution in [0.15, 0.2) is 6.07 Å². The fourth-order valence-electron chi connectivity index (χ4n) is 5.92. The molecule has 0 radical (unpaired) electrons. The summed E-state index contributed by atoms with van der Waals surface area (Å²) in [5, 5.41) is 13.9. The minimum absolute atomic E-state index is 0.0178. The van der Waals surface area contributed by atoms with Crippen molar-refractivity contribution in [1.29, 1.82) is 0 Å². The largest absolute Gasteiger partial charge is 0.372 e. The molecule has 2 aromatic rings. The Balaban J connectivity index is 1.58. The second-order valence-electron chi connectivity index (χ2n) is 9.64. The van der Waals surface area contributed by atoms with Crippen molar-refractivity contribution < 1.29 is 13.2 Å². The molecule has 2 aromatic heterocycles. The highest BCUT2D eigenvalue weighted by Gasteiger charge is 2.45. The molecule has 34 heavy (non-hydrogen) atoms. The molecule has 186 valence electrons. The van der Waals surface area contributed by atoms with Crippen LogP contribution in [0.5, 0.6) is 0 Å². The van der Waals surface area contributed by atoms with Gasteiger partial charge in [-0.05, 0) is 58.3 Å². The van der Waals surface area contributed by atoms with Crippen LogP contribution in [-0.4, -0.2) is 64.4 Å². The summed E-state index contributed by atoms with van der Waals surface area (Å²) in [4.78, 5) is 9.69. The molecule has 0 aromatic carbocycles. The number of fused-ring (bicyclic) bond motifs is 2. The molecule has 0 spiro atoms. The Morgan fingerprint density at radius 2 is 1.94 bits per heavy atom. The summed E-state index contributed by atoms with van der Waals surface area (Å²) in [6, 6.07) is 1.98. The third-order valence-corrected chi connectivity index (χ3v) is 9.36. The predicted octanol–water partition coefficient (Wildman–Crippen LogP) is 3.60. The van der Waals surface area contributed by atoms with Crippen LogP contribution in [0, 0.1) is 6.92 Å². The smallest absolute Gasteiger partial charge is 0.224 e. The van der Waals surface area contributed by atoms with E-state index in [1.165, 1.54) is 0 Å². The molecule has 0 unspecified atom stereocenters. The number of H-pyrrole nitrogens is 1. The fourth-order valence-corrected chi connectivity index (χ4v) is 7.51. The van der Waals surface area contributed by atoms with Crippen molar-refractivity contribution >= 4 is 27.6 Å². The number of anilines is 3. The fraction of sp³-hybridized carbons (Fsp3) is 0.696. The van der Waals surface area contributed by atoms with E-state index in [0.29, 0.717) is 11.8 Å². The van der Waals surface area contributed by atoms with E-state index in [2.05, 4.69) is 20.8 Å². The molecular formula is C23H35N7O3S. The second-order valence-corrected chi connectivity index (χ2v) is 11.8. The molecule has 10 nitrogen and oxygen atoms in total. The van der Waals surface area contributed by atoms with Gasteiger partial charge in [-0.25, -0.2) is 13.4 Å². The molecule has 2 bridgehead atoms. The van der Waals surface area contributed by atoms with Crippen LogP contribution in [-0.2, 0) is 14.8 Å². The molecule has 11 heteroatoms. The molecule has 3 aliphatic heterocycles. The Morgan fingerprint density at radius 3 is 2.53 bits per heavy atom. The lowest BCUT2D eigenvalue weighted by molar-refractivity contribution is 0.0982. The van der Waals surface area contributed by atoms with Gasteiger partial charge in [0.15, 0.2) is 5.82 Å². The summed E-state index contributed by atoms with van der Waals surface area (Å²) < 4.78 is 33.8. The van der Waals surface area contributed by atoms with Gasteiger partial charge in [0, 0.05) is 43.1 Å². The standard InChI is InChI=1S/C23H35N7O3S/c1-4-34(31,32)30-16-7-5-8-17(30)13-15(12-16)20-21(18-9-6-10-33-18)26-23(24-3)27-22(20)25-19-11-14(2)28-29-19/h11,15-18H,4-10,12-13H2,1-3H3,(H3,24,25,26,27,28,29)/t15-,16-,17+,18-/m1/s1. The molecule has 3 saturated heterocycles. The van der Waals surface area contributed by atoms with E-state index in [1.54, 1.807) is 6.92 Å². The number of ether oxygens (including phenoxy) is 1. The summed E-state index contributed by atoms with van der Waals surface area (Å²) in [6.07, 6.45) is 6.26. The first-order valence-electron chi connectivity index (χ1n) is 12.4. The van der Waals surface area contributed by atoms with E-state index in [0.717, 1.165) is 74.3 Å². The van der Waals surface area contributed by atoms with Crippen LogP contribution in [0.25, 0.3) is 0 Å². The minimum Gasteiger partial charge on any atom is -0.372 e. The summed E-state index contributed by atoms with van der Waals surface area (Å²) in [6.45, 7) is 4.43. The molecule has 0 amide bonds. The monoisotopic (exact) mass is 489 g/mol. The predicted molar refractivity (Wildman–Crippen MR) is 131 cm³/mol. The van der Waals surface area contributed by atoms with Crippen molar-refractivity contribution in [3.8, 4) is 0 Å². The minimum atomic E-state index is -3.24. The summed E-state index contributed by atoms with van der Waals surface area (Å²) in [5.41, 5.74) is 2.93. The number of hydrogen-bond donors (Lipinski definition) is 3. The van der Waals surface area contributed by atoms with Gasteiger partial charge in [-0.2, -0.15) is 14.4 Å². The Kier molecular flexibility index (Phi) is 6.51. The maximum atomic E-state index is 12.9. The molecule has 3 fully saturated rings. The number of nitrogens with zero attached hydrogens (tertiary/aromatic N) is 4. The van der Waals surface area contributed by atoms with Crippen LogP contribution in [0.2, 0.25) is 0 Å². The Labute approximate surface area is 201 Å². The lowest BCUT2D eigenvalue weighted by Gasteiger charge is -2.48. The van der Waals surface area contributed by atoms with Gasteiger partial charge in [0.1, 0.15) is 11.9 Å². The van der Waals surface area contributed by atoms with Gasteiger partial charge in [-0.1, -0.05) is 6.42 Å². The Morgan fingerprint density at radius 1 is 1.18 bits per heavy atom. The van der Waals surface area contributed by atoms with Crippen LogP contribution < -0.4 is 10.6 Å². The zero-order valence-corrected chi connectivity index (χ0v) is 21.0. The maximum Gasteiger partial charge on any atom is 0.224 e. The van der Waals surface area contributed by atoms with E-state index in [-0.39, 0.29) is 29.9 Å². The summed E-state index contributed by atoms with van der Waals surface area (Å²) >= 11 is 0. The lowest BCUT2D eigenvalue weighted by Crippen LogP contribution is -2.54. The molecule has 0 aliphatic carbocycles. The average molecular weight is 490 g/mol. The zero-order valence-electron chi connectivity index (χ0n) is 20.2. The van der Waals surface area contributed by atoms with Crippen molar-refractivity contribution in [2.45, 2.75) is 82.9 Å². The van der Waals surface area contributed by atoms with Gasteiger partial charge in [0.25, 0.3) is 0 Å². The van der Waals surface area contributed by atoms with E-state index < -0.39 is 10.0 Å². The van der Waals surface area contributed by atoms with Crippen molar-refractivity contribution in [2.75, 3.05) is 30.0 Å². The van der Waals surface area contributed by atoms with Crippen molar-refractivity contribution in [3.63, 3.8) is 0 Å². The number of sulfonamides is 1. The van der Waals surface area contributed by atoms with Gasteiger partial charge in [-0.3, -0.25) is 5.10 Å². The Hall–Kier alpha value is -2.24. The number of aromatic amines is 1. The highest BCUT2D eigenvalue weighted by atomic mass is 32.2. The van der Waals surface area contributed by atoms with Crippen LogP contribution >= 0.6 is 0 Å². The molecule has 0 saturated carbocycles. The molecule has 3 aliphatic rings. The number of aryl methyl sites for hydroxylation is 1. The SMILES string of the molecule is CCS(=O)(=O)N1[C@@H]2CCC[C@H]1C[C@H](c1c(Nc3cc(C)[nH]n3)nc(NC)nc1[C@H]1CCCO1)C2. The van der Waals surface area contributed by atoms with Gasteiger partial charge in [-0.15, -0.1) is 0 Å². The first kappa shape index (κ1) is 23.5. The molecule has 4 atom stereocenters. The van der Waals surface area contributed by atoms with Gasteiger partial charge in [0.2, 0.25) is 16.0 Å². The number of piperidine rings is 2. The van der Waals surface area contributed by atoms with E-state index in [1.807, 2.05) is 24.3 Å². The zero-order chi connectivity index (χ0) is 23.9. The highest BCUT2D eigenvalue weighted by Crippen LogP contribution is 2.47. The van der Waals surface area contributed by atoms with Gasteiger partial charge in [0.05, 0.1) is 11.4 Å². The van der Waals surface area contributed by atoms with Crippen LogP contribution in [0.3, 0.4) is 0 Å². The topological polar surface area (TPSA) is 125 Å². The summed E-state index contributed by atoms with van der Waals surface area (Å²) in [7, 11) is -1.43. The quantitative estimate of drug-likeness (QED) is 0.539. The molecule has 5 heterocycles. The van der Waals surface area contributed by atoms with Crippen molar-refractivity contribution in [3.05, 3.63) is 23.0 Å². The van der Waals surface area contributed by atoms with Crippen molar-refractivity contribution in [1.82, 2.24) is 24.5 Å². The van der Waals surface area contributed by atoms with E-state index in [4.69, 9.17) is 14.7 Å². The summed E-state index contributed by atoms with van der Waals surface area (Å²) in [5.74, 6) is 2.26. The van der Waals surface area contributed by atoms with Gasteiger partial charge < -0.3 is 15.4 Å². The van der Waals surface area contributed by atoms with E-state index >= 15 is 0 Å². The van der Waals surface area contributed by atoms with Crippen molar-refractivity contribution in [2.24, 2.45) is 0 Å². The lowest BCUT2D eigenvalue weighted by atomic mass is 9.76. The first-order valence-corrected chi connectivity index (χ1v) is 14.0. The van der Waals surface area contributed by atoms with Gasteiger partial charge >= 0.3 is 0 Å². The first-order chi connectivity index (χ1) is 16.4.